The van der Waals surface area contributed by atoms with Gasteiger partial charge in [0.05, 0.1) is 13.4 Å². The molecule has 0 spiro atoms. The molecule has 0 radical (unpaired) electrons. The highest BCUT2D eigenvalue weighted by molar-refractivity contribution is 8.00. The number of nitrogen functional groups attached to an aromatic ring is 1. The largest absolute Gasteiger partial charge is 0.497 e. The van der Waals surface area contributed by atoms with Crippen LogP contribution >= 0.6 is 11.8 Å². The number of hydrogen-bond donors (Lipinski definition) is 2. The summed E-state index contributed by atoms with van der Waals surface area (Å²) in [6.07, 6.45) is 1.53. The van der Waals surface area contributed by atoms with Gasteiger partial charge in [0.25, 0.3) is 0 Å². The molecule has 30 heavy (non-hydrogen) atoms. The normalized spacial score (nSPS) is 11.8. The quantitative estimate of drug-likeness (QED) is 0.346. The highest BCUT2D eigenvalue weighted by Gasteiger charge is 2.26. The number of nitrogens with two attached hydrogens (primary N) is 1. The molecule has 0 aliphatic heterocycles. The van der Waals surface area contributed by atoms with Gasteiger partial charge in [0, 0.05) is 11.8 Å². The highest BCUT2D eigenvalue weighted by atomic mass is 32.2. The van der Waals surface area contributed by atoms with Crippen molar-refractivity contribution in [2.24, 2.45) is 0 Å². The van der Waals surface area contributed by atoms with E-state index in [1.807, 2.05) is 42.5 Å². The van der Waals surface area contributed by atoms with Crippen molar-refractivity contribution in [1.29, 1.82) is 0 Å². The Hall–Kier alpha value is -3.72. The maximum Gasteiger partial charge on any atom is 0.242 e. The SMILES string of the molecule is COc1cccc(NC(=O)[C@@H](Sc2nnc(-c3ccco3)n2N)c2ccccc2)c1. The second-order valence-electron chi connectivity index (χ2n) is 6.28. The Balaban J connectivity index is 1.62. The van der Waals surface area contributed by atoms with E-state index < -0.39 is 5.25 Å². The predicted octanol–water partition coefficient (Wildman–Crippen LogP) is 3.73. The zero-order valence-corrected chi connectivity index (χ0v) is 16.9. The molecule has 8 nitrogen and oxygen atoms in total. The molecule has 0 aliphatic carbocycles. The van der Waals surface area contributed by atoms with Crippen molar-refractivity contribution < 1.29 is 13.9 Å². The number of amides is 1. The Kier molecular flexibility index (Phi) is 5.71. The molecule has 0 bridgehead atoms. The summed E-state index contributed by atoms with van der Waals surface area (Å²) in [7, 11) is 1.58. The number of methoxy groups -OCH3 is 1. The maximum absolute atomic E-state index is 13.2. The third kappa shape index (κ3) is 4.15. The van der Waals surface area contributed by atoms with Crippen LogP contribution in [0.4, 0.5) is 5.69 Å². The molecular weight excluding hydrogens is 402 g/mol. The Labute approximate surface area is 177 Å². The van der Waals surface area contributed by atoms with E-state index in [0.29, 0.717) is 28.2 Å². The second kappa shape index (κ2) is 8.75. The number of nitrogens with one attached hydrogen (secondary N) is 1. The highest BCUT2D eigenvalue weighted by Crippen LogP contribution is 2.36. The molecule has 2 heterocycles. The smallest absolute Gasteiger partial charge is 0.242 e. The van der Waals surface area contributed by atoms with Crippen molar-refractivity contribution in [3.63, 3.8) is 0 Å². The number of carbonyl (C=O) groups excluding carboxylic acids is 1. The van der Waals surface area contributed by atoms with Crippen LogP contribution in [-0.2, 0) is 4.79 Å². The van der Waals surface area contributed by atoms with Gasteiger partial charge in [-0.15, -0.1) is 10.2 Å². The lowest BCUT2D eigenvalue weighted by Crippen LogP contribution is -2.20. The molecule has 1 amide bonds. The van der Waals surface area contributed by atoms with E-state index in [9.17, 15) is 4.79 Å². The van der Waals surface area contributed by atoms with Crippen molar-refractivity contribution >= 4 is 23.4 Å². The molecular formula is C21H19N5O3S. The molecule has 4 aromatic rings. The zero-order chi connectivity index (χ0) is 20.9. The van der Waals surface area contributed by atoms with E-state index >= 15 is 0 Å². The summed E-state index contributed by atoms with van der Waals surface area (Å²) in [5.41, 5.74) is 1.44. The average molecular weight is 421 g/mol. The predicted molar refractivity (Wildman–Crippen MR) is 115 cm³/mol. The fraction of sp³-hybridized carbons (Fsp3) is 0.0952. The number of furan rings is 1. The molecule has 3 N–H and O–H groups in total. The van der Waals surface area contributed by atoms with Crippen LogP contribution in [0.3, 0.4) is 0 Å². The second-order valence-corrected chi connectivity index (χ2v) is 7.36. The average Bonchev–Trinajstić information content (AvgIpc) is 3.42. The number of benzene rings is 2. The molecule has 1 atom stereocenters. The van der Waals surface area contributed by atoms with Crippen molar-refractivity contribution in [2.45, 2.75) is 10.4 Å². The number of aromatic nitrogens is 3. The van der Waals surface area contributed by atoms with Crippen molar-refractivity contribution in [1.82, 2.24) is 14.9 Å². The van der Waals surface area contributed by atoms with Gasteiger partial charge < -0.3 is 20.3 Å². The summed E-state index contributed by atoms with van der Waals surface area (Å²) < 4.78 is 11.9. The molecule has 9 heteroatoms. The van der Waals surface area contributed by atoms with Gasteiger partial charge >= 0.3 is 0 Å². The number of thioether (sulfide) groups is 1. The Morgan fingerprint density at radius 2 is 1.97 bits per heavy atom. The van der Waals surface area contributed by atoms with E-state index in [1.54, 1.807) is 31.4 Å². The number of ether oxygens (including phenoxy) is 1. The minimum Gasteiger partial charge on any atom is -0.497 e. The molecule has 0 saturated heterocycles. The lowest BCUT2D eigenvalue weighted by molar-refractivity contribution is -0.115. The summed E-state index contributed by atoms with van der Waals surface area (Å²) in [6.45, 7) is 0. The molecule has 0 fully saturated rings. The molecule has 0 saturated carbocycles. The number of hydrogen-bond acceptors (Lipinski definition) is 7. The number of anilines is 1. The molecule has 152 valence electrons. The van der Waals surface area contributed by atoms with Crippen LogP contribution in [0.1, 0.15) is 10.8 Å². The fourth-order valence-corrected chi connectivity index (χ4v) is 3.80. The number of carbonyl (C=O) groups is 1. The van der Waals surface area contributed by atoms with Crippen LogP contribution in [-0.4, -0.2) is 27.9 Å². The number of nitrogens with zero attached hydrogens (tertiary/aromatic N) is 3. The van der Waals surface area contributed by atoms with Crippen molar-refractivity contribution in [3.8, 4) is 17.3 Å². The first-order valence-corrected chi connectivity index (χ1v) is 9.94. The van der Waals surface area contributed by atoms with Crippen LogP contribution in [0.5, 0.6) is 5.75 Å². The first kappa shape index (κ1) is 19.6. The van der Waals surface area contributed by atoms with E-state index in [1.165, 1.54) is 22.7 Å². The van der Waals surface area contributed by atoms with Crippen LogP contribution in [0.15, 0.2) is 82.6 Å². The Morgan fingerprint density at radius 3 is 2.70 bits per heavy atom. The van der Waals surface area contributed by atoms with Crippen LogP contribution in [0.25, 0.3) is 11.6 Å². The first-order chi connectivity index (χ1) is 14.7. The van der Waals surface area contributed by atoms with Crippen molar-refractivity contribution in [3.05, 3.63) is 78.6 Å². The van der Waals surface area contributed by atoms with E-state index in [2.05, 4.69) is 15.5 Å². The van der Waals surface area contributed by atoms with Gasteiger partial charge in [-0.2, -0.15) is 0 Å². The van der Waals surface area contributed by atoms with Crippen LogP contribution < -0.4 is 15.9 Å². The van der Waals surface area contributed by atoms with E-state index in [4.69, 9.17) is 15.0 Å². The van der Waals surface area contributed by atoms with Crippen molar-refractivity contribution in [2.75, 3.05) is 18.3 Å². The van der Waals surface area contributed by atoms with Gasteiger partial charge in [0.2, 0.25) is 16.9 Å². The monoisotopic (exact) mass is 421 g/mol. The molecule has 0 unspecified atom stereocenters. The minimum absolute atomic E-state index is 0.220. The maximum atomic E-state index is 13.2. The van der Waals surface area contributed by atoms with Crippen LogP contribution in [0.2, 0.25) is 0 Å². The minimum atomic E-state index is -0.603. The molecule has 0 aliphatic rings. The van der Waals surface area contributed by atoms with Gasteiger partial charge in [-0.3, -0.25) is 4.79 Å². The van der Waals surface area contributed by atoms with Gasteiger partial charge in [-0.05, 0) is 29.8 Å². The lowest BCUT2D eigenvalue weighted by Gasteiger charge is -2.16. The topological polar surface area (TPSA) is 108 Å². The van der Waals surface area contributed by atoms with Gasteiger partial charge in [-0.1, -0.05) is 48.2 Å². The lowest BCUT2D eigenvalue weighted by atomic mass is 10.1. The third-order valence-electron chi connectivity index (χ3n) is 4.31. The molecule has 2 aromatic carbocycles. The van der Waals surface area contributed by atoms with E-state index in [0.717, 1.165) is 5.56 Å². The summed E-state index contributed by atoms with van der Waals surface area (Å²) in [6, 6.07) is 20.1. The zero-order valence-electron chi connectivity index (χ0n) is 16.1. The summed E-state index contributed by atoms with van der Waals surface area (Å²) >= 11 is 1.20. The van der Waals surface area contributed by atoms with Gasteiger partial charge in [0.1, 0.15) is 11.0 Å². The summed E-state index contributed by atoms with van der Waals surface area (Å²) in [5.74, 6) is 7.48. The van der Waals surface area contributed by atoms with Gasteiger partial charge in [0.15, 0.2) is 5.76 Å². The van der Waals surface area contributed by atoms with Gasteiger partial charge in [-0.25, -0.2) is 4.68 Å². The summed E-state index contributed by atoms with van der Waals surface area (Å²) in [4.78, 5) is 13.2. The first-order valence-electron chi connectivity index (χ1n) is 9.06. The third-order valence-corrected chi connectivity index (χ3v) is 5.52. The standard InChI is InChI=1S/C21H19N5O3S/c1-28-16-10-5-9-15(13-16)23-20(27)18(14-7-3-2-4-8-14)30-21-25-24-19(26(21)22)17-11-6-12-29-17/h2-13,18H,22H2,1H3,(H,23,27)/t18-/m0/s1. The fourth-order valence-electron chi connectivity index (χ4n) is 2.85. The Morgan fingerprint density at radius 1 is 1.13 bits per heavy atom. The van der Waals surface area contributed by atoms with E-state index in [-0.39, 0.29) is 5.91 Å². The Bertz CT molecular complexity index is 1130. The molecule has 2 aromatic heterocycles. The molecule has 4 rings (SSSR count). The number of rotatable bonds is 7. The summed E-state index contributed by atoms with van der Waals surface area (Å²) in [5, 5.41) is 11.0. The van der Waals surface area contributed by atoms with Crippen LogP contribution in [0, 0.1) is 0 Å².